The van der Waals surface area contributed by atoms with Crippen molar-refractivity contribution in [2.75, 3.05) is 26.8 Å². The van der Waals surface area contributed by atoms with E-state index in [1.807, 2.05) is 31.2 Å². The van der Waals surface area contributed by atoms with Gasteiger partial charge in [-0.25, -0.2) is 4.79 Å². The average Bonchev–Trinajstić information content (AvgIpc) is 2.81. The fraction of sp³-hybridized carbons (Fsp3) is 0.375. The summed E-state index contributed by atoms with van der Waals surface area (Å²) in [7, 11) is 1.60. The van der Waals surface area contributed by atoms with Crippen molar-refractivity contribution in [2.24, 2.45) is 0 Å². The third-order valence-electron chi connectivity index (χ3n) is 4.00. The molecule has 6 heteroatoms. The quantitative estimate of drug-likeness (QED) is 0.874. The zero-order valence-electron chi connectivity index (χ0n) is 12.7. The zero-order chi connectivity index (χ0) is 15.7. The number of carbonyl (C=O) groups is 2. The molecule has 1 unspecified atom stereocenters. The molecule has 6 nitrogen and oxygen atoms in total. The van der Waals surface area contributed by atoms with Crippen LogP contribution in [0, 0.1) is 6.92 Å². The van der Waals surface area contributed by atoms with Crippen molar-refractivity contribution in [3.05, 3.63) is 46.7 Å². The lowest BCUT2D eigenvalue weighted by molar-refractivity contribution is -0.126. The Morgan fingerprint density at radius 1 is 1.27 bits per heavy atom. The molecule has 1 aromatic rings. The number of ether oxygens (including phenoxy) is 1. The van der Waals surface area contributed by atoms with Crippen molar-refractivity contribution in [3.63, 3.8) is 0 Å². The van der Waals surface area contributed by atoms with Gasteiger partial charge in [0, 0.05) is 13.7 Å². The van der Waals surface area contributed by atoms with Crippen LogP contribution in [0.15, 0.2) is 35.5 Å². The molecule has 0 radical (unpaired) electrons. The minimum atomic E-state index is -0.399. The van der Waals surface area contributed by atoms with Crippen molar-refractivity contribution in [3.8, 4) is 0 Å². The maximum atomic E-state index is 12.6. The van der Waals surface area contributed by atoms with Crippen LogP contribution >= 0.6 is 0 Å². The summed E-state index contributed by atoms with van der Waals surface area (Å²) in [5.74, 6) is -0.0508. The molecule has 1 atom stereocenters. The minimum absolute atomic E-state index is 0.0508. The Morgan fingerprint density at radius 2 is 2.00 bits per heavy atom. The molecule has 2 aliphatic rings. The molecule has 0 fully saturated rings. The molecule has 2 heterocycles. The highest BCUT2D eigenvalue weighted by Gasteiger charge is 2.40. The molecule has 2 N–H and O–H groups in total. The van der Waals surface area contributed by atoms with E-state index >= 15 is 0 Å². The smallest absolute Gasteiger partial charge is 0.319 e. The lowest BCUT2D eigenvalue weighted by Gasteiger charge is -2.25. The Bertz CT molecular complexity index is 637. The summed E-state index contributed by atoms with van der Waals surface area (Å²) in [5.41, 5.74) is 3.36. The van der Waals surface area contributed by atoms with Gasteiger partial charge in [-0.1, -0.05) is 29.8 Å². The molecule has 116 valence electrons. The van der Waals surface area contributed by atoms with E-state index in [0.29, 0.717) is 31.0 Å². The second-order valence-corrected chi connectivity index (χ2v) is 5.55. The first-order chi connectivity index (χ1) is 10.6. The highest BCUT2D eigenvalue weighted by atomic mass is 16.5. The number of hydrogen-bond acceptors (Lipinski definition) is 3. The van der Waals surface area contributed by atoms with Gasteiger partial charge in [0.25, 0.3) is 5.91 Å². The topological polar surface area (TPSA) is 70.7 Å². The fourth-order valence-corrected chi connectivity index (χ4v) is 2.82. The molecule has 3 rings (SSSR count). The number of rotatable bonds is 4. The molecule has 0 saturated heterocycles. The lowest BCUT2D eigenvalue weighted by atomic mass is 9.95. The SMILES string of the molecule is COCCN1CC2=C(C1=O)C(c1ccc(C)cc1)NC(=O)N2. The number of aryl methyl sites for hydroxylation is 1. The standard InChI is InChI=1S/C16H19N3O3/c1-10-3-5-11(6-4-10)14-13-12(17-16(21)18-14)9-19(15(13)20)7-8-22-2/h3-6,14H,7-9H2,1-2H3,(H2,17,18,21). The summed E-state index contributed by atoms with van der Waals surface area (Å²) in [6.07, 6.45) is 0. The maximum Gasteiger partial charge on any atom is 0.319 e. The van der Waals surface area contributed by atoms with Crippen LogP contribution in [0.3, 0.4) is 0 Å². The average molecular weight is 301 g/mol. The van der Waals surface area contributed by atoms with Gasteiger partial charge in [-0.15, -0.1) is 0 Å². The molecule has 0 spiro atoms. The van der Waals surface area contributed by atoms with E-state index in [-0.39, 0.29) is 11.9 Å². The molecule has 3 amide bonds. The van der Waals surface area contributed by atoms with Crippen molar-refractivity contribution >= 4 is 11.9 Å². The Hall–Kier alpha value is -2.34. The van der Waals surface area contributed by atoms with E-state index in [2.05, 4.69) is 10.6 Å². The van der Waals surface area contributed by atoms with Gasteiger partial charge in [-0.2, -0.15) is 0 Å². The Morgan fingerprint density at radius 3 is 2.68 bits per heavy atom. The first-order valence-corrected chi connectivity index (χ1v) is 7.25. The van der Waals surface area contributed by atoms with Crippen LogP contribution in [-0.2, 0) is 9.53 Å². The van der Waals surface area contributed by atoms with E-state index in [4.69, 9.17) is 4.74 Å². The van der Waals surface area contributed by atoms with E-state index in [9.17, 15) is 9.59 Å². The van der Waals surface area contributed by atoms with E-state index < -0.39 is 6.04 Å². The van der Waals surface area contributed by atoms with E-state index in [0.717, 1.165) is 11.1 Å². The zero-order valence-corrected chi connectivity index (χ0v) is 12.7. The van der Waals surface area contributed by atoms with Crippen LogP contribution in [-0.4, -0.2) is 43.6 Å². The van der Waals surface area contributed by atoms with Gasteiger partial charge < -0.3 is 20.3 Å². The monoisotopic (exact) mass is 301 g/mol. The van der Waals surface area contributed by atoms with Gasteiger partial charge in [0.05, 0.1) is 30.5 Å². The summed E-state index contributed by atoms with van der Waals surface area (Å²) < 4.78 is 5.04. The first-order valence-electron chi connectivity index (χ1n) is 7.25. The maximum absolute atomic E-state index is 12.6. The van der Waals surface area contributed by atoms with Gasteiger partial charge in [0.2, 0.25) is 0 Å². The second-order valence-electron chi connectivity index (χ2n) is 5.55. The highest BCUT2D eigenvalue weighted by Crippen LogP contribution is 2.32. The molecule has 22 heavy (non-hydrogen) atoms. The number of carbonyl (C=O) groups excluding carboxylic acids is 2. The van der Waals surface area contributed by atoms with Crippen LogP contribution in [0.2, 0.25) is 0 Å². The highest BCUT2D eigenvalue weighted by molar-refractivity contribution is 6.01. The van der Waals surface area contributed by atoms with Gasteiger partial charge >= 0.3 is 6.03 Å². The number of methoxy groups -OCH3 is 1. The predicted molar refractivity (Wildman–Crippen MR) is 81.1 cm³/mol. The van der Waals surface area contributed by atoms with Crippen LogP contribution < -0.4 is 10.6 Å². The number of nitrogens with one attached hydrogen (secondary N) is 2. The van der Waals surface area contributed by atoms with Crippen LogP contribution in [0.1, 0.15) is 17.2 Å². The Kier molecular flexibility index (Phi) is 3.85. The number of benzene rings is 1. The summed E-state index contributed by atoms with van der Waals surface area (Å²) >= 11 is 0. The van der Waals surface area contributed by atoms with E-state index in [1.54, 1.807) is 12.0 Å². The number of nitrogens with zero attached hydrogens (tertiary/aromatic N) is 1. The van der Waals surface area contributed by atoms with Crippen molar-refractivity contribution in [1.29, 1.82) is 0 Å². The molecule has 1 aromatic carbocycles. The van der Waals surface area contributed by atoms with Crippen molar-refractivity contribution < 1.29 is 14.3 Å². The molecule has 0 saturated carbocycles. The normalized spacial score (nSPS) is 20.8. The lowest BCUT2D eigenvalue weighted by Crippen LogP contribution is -2.44. The van der Waals surface area contributed by atoms with Gasteiger partial charge in [-0.3, -0.25) is 4.79 Å². The fourth-order valence-electron chi connectivity index (χ4n) is 2.82. The molecule has 0 bridgehead atoms. The van der Waals surface area contributed by atoms with Gasteiger partial charge in [0.15, 0.2) is 0 Å². The Balaban J connectivity index is 1.90. The number of amides is 3. The second kappa shape index (κ2) is 5.81. The molecular weight excluding hydrogens is 282 g/mol. The summed E-state index contributed by atoms with van der Waals surface area (Å²) in [6, 6.07) is 7.18. The molecule has 2 aliphatic heterocycles. The van der Waals surface area contributed by atoms with Gasteiger partial charge in [-0.05, 0) is 12.5 Å². The minimum Gasteiger partial charge on any atom is -0.383 e. The molecule has 0 aliphatic carbocycles. The molecule has 0 aromatic heterocycles. The summed E-state index contributed by atoms with van der Waals surface area (Å²) in [5, 5.41) is 5.60. The first kappa shape index (κ1) is 14.6. The van der Waals surface area contributed by atoms with Crippen LogP contribution in [0.5, 0.6) is 0 Å². The predicted octanol–water partition coefficient (Wildman–Crippen LogP) is 1.09. The van der Waals surface area contributed by atoms with Crippen molar-refractivity contribution in [1.82, 2.24) is 15.5 Å². The van der Waals surface area contributed by atoms with Crippen LogP contribution in [0.4, 0.5) is 4.79 Å². The van der Waals surface area contributed by atoms with Crippen molar-refractivity contribution in [2.45, 2.75) is 13.0 Å². The molecular formula is C16H19N3O3. The Labute approximate surface area is 129 Å². The number of urea groups is 1. The number of hydrogen-bond donors (Lipinski definition) is 2. The van der Waals surface area contributed by atoms with E-state index in [1.165, 1.54) is 0 Å². The third-order valence-corrected chi connectivity index (χ3v) is 4.00. The van der Waals surface area contributed by atoms with Crippen LogP contribution in [0.25, 0.3) is 0 Å². The summed E-state index contributed by atoms with van der Waals surface area (Å²) in [4.78, 5) is 26.2. The summed E-state index contributed by atoms with van der Waals surface area (Å²) in [6.45, 7) is 3.41. The third kappa shape index (κ3) is 2.57. The van der Waals surface area contributed by atoms with Gasteiger partial charge in [0.1, 0.15) is 0 Å². The largest absolute Gasteiger partial charge is 0.383 e.